The molecule has 5 nitrogen and oxygen atoms in total. The number of rotatable bonds is 2. The number of aromatic nitrogens is 1. The Morgan fingerprint density at radius 2 is 2.13 bits per heavy atom. The van der Waals surface area contributed by atoms with Crippen molar-refractivity contribution in [3.05, 3.63) is 47.4 Å². The van der Waals surface area contributed by atoms with E-state index in [1.54, 1.807) is 12.1 Å². The van der Waals surface area contributed by atoms with E-state index in [2.05, 4.69) is 26.9 Å². The summed E-state index contributed by atoms with van der Waals surface area (Å²) in [5.74, 6) is 1.75. The fourth-order valence-corrected chi connectivity index (χ4v) is 6.53. The summed E-state index contributed by atoms with van der Waals surface area (Å²) in [5.41, 5.74) is 2.38. The Balaban J connectivity index is 1.38. The topological polar surface area (TPSA) is 56.3 Å². The quantitative estimate of drug-likeness (QED) is 0.659. The predicted octanol–water partition coefficient (Wildman–Crippen LogP) is 4.75. The third-order valence-corrected chi connectivity index (χ3v) is 7.70. The van der Waals surface area contributed by atoms with Gasteiger partial charge >= 0.3 is 0 Å². The number of hydrogen-bond acceptors (Lipinski definition) is 5. The van der Waals surface area contributed by atoms with Gasteiger partial charge in [0, 0.05) is 24.7 Å². The molecule has 4 atom stereocenters. The third kappa shape index (κ3) is 3.18. The number of nitrogens with zero attached hydrogens (tertiary/aromatic N) is 4. The monoisotopic (exact) mass is 418 g/mol. The summed E-state index contributed by atoms with van der Waals surface area (Å²) in [6.45, 7) is 3.20. The summed E-state index contributed by atoms with van der Waals surface area (Å²) < 4.78 is 19.9. The molecular weight excluding hydrogens is 391 g/mol. The lowest BCUT2D eigenvalue weighted by Crippen LogP contribution is -2.59. The van der Waals surface area contributed by atoms with E-state index >= 15 is 0 Å². The molecule has 6 heteroatoms. The lowest BCUT2D eigenvalue weighted by molar-refractivity contribution is 0.0306. The Morgan fingerprint density at radius 1 is 1.19 bits per heavy atom. The van der Waals surface area contributed by atoms with Gasteiger partial charge in [0.25, 0.3) is 0 Å². The zero-order valence-electron chi connectivity index (χ0n) is 17.6. The van der Waals surface area contributed by atoms with E-state index in [1.807, 2.05) is 0 Å². The molecule has 4 aliphatic rings. The second-order valence-electron chi connectivity index (χ2n) is 9.50. The van der Waals surface area contributed by atoms with Crippen LogP contribution < -0.4 is 4.90 Å². The highest BCUT2D eigenvalue weighted by Gasteiger charge is 2.47. The minimum atomic E-state index is -0.337. The summed E-state index contributed by atoms with van der Waals surface area (Å²) in [6.07, 6.45) is 9.95. The largest absolute Gasteiger partial charge is 0.419 e. The van der Waals surface area contributed by atoms with Gasteiger partial charge in [0.2, 0.25) is 17.5 Å². The second-order valence-corrected chi connectivity index (χ2v) is 9.50. The van der Waals surface area contributed by atoms with Gasteiger partial charge in [-0.15, -0.1) is 0 Å². The molecule has 1 aliphatic carbocycles. The number of benzene rings is 1. The highest BCUT2D eigenvalue weighted by molar-refractivity contribution is 5.61. The number of nitriles is 1. The standard InChI is InChI=1S/C25H27FN4O/c26-20-7-3-5-17(13-20)24-28-21(14-27)25(31-24)30-10-4-6-16-11-18-12-19(23(16)30)15-29-9-2-1-8-22(18)29/h3,5,7,11,13,18-19,22-23H,1-2,4,6,8-10,12,15H2/t18?,19?,22-,23-/m1/s1. The average Bonchev–Trinajstić information content (AvgIpc) is 3.23. The Hall–Kier alpha value is -2.65. The van der Waals surface area contributed by atoms with Crippen LogP contribution in [-0.4, -0.2) is 41.6 Å². The van der Waals surface area contributed by atoms with E-state index in [1.165, 1.54) is 49.9 Å². The maximum atomic E-state index is 13.7. The van der Waals surface area contributed by atoms with Crippen molar-refractivity contribution in [3.8, 4) is 17.5 Å². The number of anilines is 1. The minimum absolute atomic E-state index is 0.272. The Morgan fingerprint density at radius 3 is 3.00 bits per heavy atom. The highest BCUT2D eigenvalue weighted by Crippen LogP contribution is 2.46. The van der Waals surface area contributed by atoms with Gasteiger partial charge in [-0.3, -0.25) is 4.90 Å². The molecule has 3 saturated heterocycles. The van der Waals surface area contributed by atoms with Crippen LogP contribution in [-0.2, 0) is 0 Å². The van der Waals surface area contributed by atoms with Gasteiger partial charge in [0.15, 0.2) is 0 Å². The zero-order valence-corrected chi connectivity index (χ0v) is 17.6. The van der Waals surface area contributed by atoms with Gasteiger partial charge in [-0.2, -0.15) is 10.2 Å². The van der Waals surface area contributed by atoms with E-state index in [0.717, 1.165) is 25.9 Å². The molecule has 0 spiro atoms. The first kappa shape index (κ1) is 19.1. The molecule has 0 saturated carbocycles. The Labute approximate surface area is 182 Å². The van der Waals surface area contributed by atoms with Crippen LogP contribution in [0, 0.1) is 29.0 Å². The summed E-state index contributed by atoms with van der Waals surface area (Å²) >= 11 is 0. The van der Waals surface area contributed by atoms with Crippen LogP contribution in [0.3, 0.4) is 0 Å². The highest BCUT2D eigenvalue weighted by atomic mass is 19.1. The van der Waals surface area contributed by atoms with Gasteiger partial charge < -0.3 is 9.32 Å². The fourth-order valence-electron chi connectivity index (χ4n) is 6.53. The van der Waals surface area contributed by atoms with Crippen molar-refractivity contribution in [3.63, 3.8) is 0 Å². The number of halogens is 1. The van der Waals surface area contributed by atoms with Crippen molar-refractivity contribution >= 4 is 5.88 Å². The molecule has 160 valence electrons. The minimum Gasteiger partial charge on any atom is -0.419 e. The molecule has 3 aliphatic heterocycles. The molecule has 0 N–H and O–H groups in total. The van der Waals surface area contributed by atoms with Crippen molar-refractivity contribution in [1.82, 2.24) is 9.88 Å². The van der Waals surface area contributed by atoms with Crippen LogP contribution in [0.25, 0.3) is 11.5 Å². The molecule has 3 fully saturated rings. The summed E-state index contributed by atoms with van der Waals surface area (Å²) in [4.78, 5) is 9.43. The van der Waals surface area contributed by atoms with Crippen LogP contribution in [0.15, 0.2) is 40.3 Å². The van der Waals surface area contributed by atoms with E-state index < -0.39 is 0 Å². The van der Waals surface area contributed by atoms with Crippen LogP contribution in [0.2, 0.25) is 0 Å². The lowest BCUT2D eigenvalue weighted by Gasteiger charge is -2.54. The first-order chi connectivity index (χ1) is 15.2. The Kier molecular flexibility index (Phi) is 4.61. The first-order valence-electron chi connectivity index (χ1n) is 11.6. The van der Waals surface area contributed by atoms with Crippen molar-refractivity contribution in [2.45, 2.75) is 50.6 Å². The molecule has 1 aromatic heterocycles. The Bertz CT molecular complexity index is 1070. The fraction of sp³-hybridized carbons (Fsp3) is 0.520. The molecular formula is C25H27FN4O. The number of hydrogen-bond donors (Lipinski definition) is 0. The van der Waals surface area contributed by atoms with Crippen molar-refractivity contribution in [2.75, 3.05) is 24.5 Å². The normalized spacial score (nSPS) is 30.2. The van der Waals surface area contributed by atoms with Crippen LogP contribution in [0.1, 0.15) is 44.2 Å². The second kappa shape index (κ2) is 7.49. The van der Waals surface area contributed by atoms with Crippen molar-refractivity contribution in [2.24, 2.45) is 11.8 Å². The SMILES string of the molecule is N#Cc1nc(-c2cccc(F)c2)oc1N1CCCC2=CC3CC(CN4CCCC[C@H]34)[C@@H]21. The van der Waals surface area contributed by atoms with Crippen molar-refractivity contribution < 1.29 is 8.81 Å². The van der Waals surface area contributed by atoms with E-state index in [0.29, 0.717) is 40.9 Å². The van der Waals surface area contributed by atoms with Crippen LogP contribution in [0.5, 0.6) is 0 Å². The van der Waals surface area contributed by atoms with E-state index in [9.17, 15) is 9.65 Å². The van der Waals surface area contributed by atoms with Crippen molar-refractivity contribution in [1.29, 1.82) is 5.26 Å². The summed E-state index contributed by atoms with van der Waals surface area (Å²) in [7, 11) is 0. The third-order valence-electron chi connectivity index (χ3n) is 7.70. The van der Waals surface area contributed by atoms with Gasteiger partial charge in [-0.1, -0.05) is 24.1 Å². The molecule has 2 bridgehead atoms. The molecule has 0 radical (unpaired) electrons. The van der Waals surface area contributed by atoms with E-state index in [4.69, 9.17) is 4.42 Å². The molecule has 2 aromatic rings. The van der Waals surface area contributed by atoms with Gasteiger partial charge in [0.1, 0.15) is 11.9 Å². The molecule has 0 amide bonds. The zero-order chi connectivity index (χ0) is 20.9. The summed E-state index contributed by atoms with van der Waals surface area (Å²) in [6, 6.07) is 9.42. The maximum absolute atomic E-state index is 13.7. The maximum Gasteiger partial charge on any atom is 0.235 e. The average molecular weight is 419 g/mol. The predicted molar refractivity (Wildman–Crippen MR) is 116 cm³/mol. The molecule has 4 heterocycles. The van der Waals surface area contributed by atoms with Gasteiger partial charge in [0.05, 0.1) is 6.04 Å². The van der Waals surface area contributed by atoms with Crippen LogP contribution >= 0.6 is 0 Å². The smallest absolute Gasteiger partial charge is 0.235 e. The van der Waals surface area contributed by atoms with E-state index in [-0.39, 0.29) is 11.9 Å². The lowest BCUT2D eigenvalue weighted by atomic mass is 9.68. The van der Waals surface area contributed by atoms with Gasteiger partial charge in [-0.05, 0) is 68.7 Å². The summed E-state index contributed by atoms with van der Waals surface area (Å²) in [5, 5.41) is 9.79. The number of oxazole rings is 1. The number of piperidine rings is 3. The van der Waals surface area contributed by atoms with Crippen LogP contribution in [0.4, 0.5) is 10.3 Å². The first-order valence-corrected chi connectivity index (χ1v) is 11.6. The number of fused-ring (bicyclic) bond motifs is 6. The molecule has 2 unspecified atom stereocenters. The molecule has 1 aromatic carbocycles. The molecule has 31 heavy (non-hydrogen) atoms. The molecule has 6 rings (SSSR count). The van der Waals surface area contributed by atoms with Gasteiger partial charge in [-0.25, -0.2) is 4.39 Å².